The molecule has 3 rings (SSSR count). The van der Waals surface area contributed by atoms with Crippen LogP contribution in [-0.4, -0.2) is 29.6 Å². The Labute approximate surface area is 135 Å². The van der Waals surface area contributed by atoms with Gasteiger partial charge in [0.05, 0.1) is 0 Å². The Morgan fingerprint density at radius 1 is 1.32 bits per heavy atom. The molecule has 0 radical (unpaired) electrons. The van der Waals surface area contributed by atoms with Gasteiger partial charge in [0.2, 0.25) is 5.95 Å². The van der Waals surface area contributed by atoms with Crippen LogP contribution >= 0.6 is 11.6 Å². The largest absolute Gasteiger partial charge is 0.370 e. The van der Waals surface area contributed by atoms with E-state index in [1.54, 1.807) is 6.20 Å². The number of benzene rings is 1. The summed E-state index contributed by atoms with van der Waals surface area (Å²) < 4.78 is 0. The maximum atomic E-state index is 5.98. The van der Waals surface area contributed by atoms with Crippen LogP contribution < -0.4 is 16.0 Å². The van der Waals surface area contributed by atoms with E-state index in [-0.39, 0.29) is 0 Å². The third-order valence-corrected chi connectivity index (χ3v) is 3.94. The molecule has 0 spiro atoms. The minimum atomic E-state index is 0.564. The van der Waals surface area contributed by atoms with Gasteiger partial charge in [-0.2, -0.15) is 4.98 Å². The lowest BCUT2D eigenvalue weighted by atomic mass is 10.00. The lowest BCUT2D eigenvalue weighted by Gasteiger charge is -2.23. The predicted molar refractivity (Wildman–Crippen MR) is 90.9 cm³/mol. The number of hydrogen-bond donors (Lipinski definition) is 3. The van der Waals surface area contributed by atoms with Crippen LogP contribution in [0.3, 0.4) is 0 Å². The zero-order chi connectivity index (χ0) is 15.2. The predicted octanol–water partition coefficient (Wildman–Crippen LogP) is 3.29. The summed E-state index contributed by atoms with van der Waals surface area (Å²) in [7, 11) is 0. The molecule has 1 saturated heterocycles. The smallest absolute Gasteiger partial charge is 0.229 e. The lowest BCUT2D eigenvalue weighted by Crippen LogP contribution is -2.33. The molecule has 2 aromatic rings. The molecule has 6 heteroatoms. The van der Waals surface area contributed by atoms with Crippen molar-refractivity contribution in [3.63, 3.8) is 0 Å². The van der Waals surface area contributed by atoms with E-state index < -0.39 is 0 Å². The van der Waals surface area contributed by atoms with Crippen molar-refractivity contribution in [1.82, 2.24) is 15.3 Å². The topological polar surface area (TPSA) is 61.9 Å². The zero-order valence-electron chi connectivity index (χ0n) is 12.3. The van der Waals surface area contributed by atoms with Crippen LogP contribution in [0.1, 0.15) is 12.8 Å². The van der Waals surface area contributed by atoms with Crippen molar-refractivity contribution in [2.24, 2.45) is 5.92 Å². The Kier molecular flexibility index (Phi) is 5.08. The summed E-state index contributed by atoms with van der Waals surface area (Å²) in [5.41, 5.74) is 0.876. The van der Waals surface area contributed by atoms with E-state index in [1.165, 1.54) is 12.8 Å². The zero-order valence-corrected chi connectivity index (χ0v) is 13.1. The standard InChI is InChI=1S/C16H20ClN5/c17-13-4-1-5-14(9-13)21-16-19-8-6-15(22-16)20-11-12-3-2-7-18-10-12/h1,4-6,8-9,12,18H,2-3,7,10-11H2,(H2,19,20,21,22). The first-order chi connectivity index (χ1) is 10.8. The van der Waals surface area contributed by atoms with E-state index in [4.69, 9.17) is 11.6 Å². The first kappa shape index (κ1) is 15.1. The fourth-order valence-electron chi connectivity index (χ4n) is 2.56. The second-order valence-electron chi connectivity index (χ2n) is 5.49. The monoisotopic (exact) mass is 317 g/mol. The Bertz CT molecular complexity index is 613. The molecule has 3 N–H and O–H groups in total. The van der Waals surface area contributed by atoms with Crippen LogP contribution in [0.15, 0.2) is 36.5 Å². The van der Waals surface area contributed by atoms with Crippen LogP contribution in [0.25, 0.3) is 0 Å². The van der Waals surface area contributed by atoms with E-state index in [2.05, 4.69) is 25.9 Å². The summed E-state index contributed by atoms with van der Waals surface area (Å²) in [6, 6.07) is 9.40. The molecule has 1 aliphatic heterocycles. The quantitative estimate of drug-likeness (QED) is 0.790. The number of anilines is 3. The number of nitrogens with zero attached hydrogens (tertiary/aromatic N) is 2. The molecule has 0 aliphatic carbocycles. The summed E-state index contributed by atoms with van der Waals surface area (Å²) in [5.74, 6) is 2.06. The molecular weight excluding hydrogens is 298 g/mol. The first-order valence-corrected chi connectivity index (χ1v) is 7.97. The minimum absolute atomic E-state index is 0.564. The molecule has 116 valence electrons. The Balaban J connectivity index is 1.59. The highest BCUT2D eigenvalue weighted by Gasteiger charge is 2.12. The Morgan fingerprint density at radius 2 is 2.27 bits per heavy atom. The second-order valence-corrected chi connectivity index (χ2v) is 5.93. The van der Waals surface area contributed by atoms with Crippen LogP contribution in [-0.2, 0) is 0 Å². The molecule has 2 heterocycles. The van der Waals surface area contributed by atoms with E-state index in [9.17, 15) is 0 Å². The third kappa shape index (κ3) is 4.32. The van der Waals surface area contributed by atoms with Gasteiger partial charge in [0, 0.05) is 23.5 Å². The molecule has 1 aromatic carbocycles. The summed E-state index contributed by atoms with van der Waals surface area (Å²) >= 11 is 5.98. The molecule has 1 atom stereocenters. The molecule has 0 saturated carbocycles. The van der Waals surface area contributed by atoms with E-state index >= 15 is 0 Å². The summed E-state index contributed by atoms with van der Waals surface area (Å²) in [5, 5.41) is 10.7. The van der Waals surface area contributed by atoms with Crippen LogP contribution in [0, 0.1) is 5.92 Å². The van der Waals surface area contributed by atoms with Crippen molar-refractivity contribution in [2.75, 3.05) is 30.3 Å². The van der Waals surface area contributed by atoms with Gasteiger partial charge in [-0.15, -0.1) is 0 Å². The molecular formula is C16H20ClN5. The molecule has 22 heavy (non-hydrogen) atoms. The highest BCUT2D eigenvalue weighted by Crippen LogP contribution is 2.18. The fraction of sp³-hybridized carbons (Fsp3) is 0.375. The first-order valence-electron chi connectivity index (χ1n) is 7.60. The number of halogens is 1. The molecule has 5 nitrogen and oxygen atoms in total. The maximum absolute atomic E-state index is 5.98. The van der Waals surface area contributed by atoms with E-state index in [1.807, 2.05) is 30.3 Å². The van der Waals surface area contributed by atoms with Gasteiger partial charge in [-0.05, 0) is 56.1 Å². The number of nitrogens with one attached hydrogen (secondary N) is 3. The van der Waals surface area contributed by atoms with Gasteiger partial charge in [0.25, 0.3) is 0 Å². The summed E-state index contributed by atoms with van der Waals surface area (Å²) in [6.07, 6.45) is 4.26. The summed E-state index contributed by atoms with van der Waals surface area (Å²) in [4.78, 5) is 8.73. The van der Waals surface area contributed by atoms with Gasteiger partial charge in [-0.3, -0.25) is 0 Å². The third-order valence-electron chi connectivity index (χ3n) is 3.71. The van der Waals surface area contributed by atoms with Gasteiger partial charge in [0.15, 0.2) is 0 Å². The van der Waals surface area contributed by atoms with Crippen molar-refractivity contribution in [3.05, 3.63) is 41.6 Å². The van der Waals surface area contributed by atoms with Gasteiger partial charge in [-0.25, -0.2) is 4.98 Å². The molecule has 0 amide bonds. The molecule has 1 aliphatic rings. The Morgan fingerprint density at radius 3 is 3.09 bits per heavy atom. The van der Waals surface area contributed by atoms with Crippen molar-refractivity contribution >= 4 is 29.1 Å². The average molecular weight is 318 g/mol. The Hall–Kier alpha value is -1.85. The van der Waals surface area contributed by atoms with Gasteiger partial charge >= 0.3 is 0 Å². The molecule has 1 fully saturated rings. The number of aromatic nitrogens is 2. The van der Waals surface area contributed by atoms with Crippen LogP contribution in [0.5, 0.6) is 0 Å². The van der Waals surface area contributed by atoms with Gasteiger partial charge in [-0.1, -0.05) is 17.7 Å². The van der Waals surface area contributed by atoms with E-state index in [0.29, 0.717) is 16.9 Å². The van der Waals surface area contributed by atoms with Gasteiger partial charge in [0.1, 0.15) is 5.82 Å². The van der Waals surface area contributed by atoms with Crippen LogP contribution in [0.2, 0.25) is 5.02 Å². The number of piperidine rings is 1. The average Bonchev–Trinajstić information content (AvgIpc) is 2.54. The molecule has 0 bridgehead atoms. The van der Waals surface area contributed by atoms with Crippen molar-refractivity contribution in [2.45, 2.75) is 12.8 Å². The van der Waals surface area contributed by atoms with Crippen molar-refractivity contribution in [3.8, 4) is 0 Å². The van der Waals surface area contributed by atoms with Crippen LogP contribution in [0.4, 0.5) is 17.5 Å². The van der Waals surface area contributed by atoms with Crippen molar-refractivity contribution in [1.29, 1.82) is 0 Å². The van der Waals surface area contributed by atoms with Gasteiger partial charge < -0.3 is 16.0 Å². The lowest BCUT2D eigenvalue weighted by molar-refractivity contribution is 0.392. The molecule has 1 unspecified atom stereocenters. The highest BCUT2D eigenvalue weighted by atomic mass is 35.5. The highest BCUT2D eigenvalue weighted by molar-refractivity contribution is 6.30. The SMILES string of the molecule is Clc1cccc(Nc2nccc(NCC3CCCNC3)n2)c1. The van der Waals surface area contributed by atoms with Crippen molar-refractivity contribution < 1.29 is 0 Å². The normalized spacial score (nSPS) is 18.0. The summed E-state index contributed by atoms with van der Waals surface area (Å²) in [6.45, 7) is 3.14. The minimum Gasteiger partial charge on any atom is -0.370 e. The van der Waals surface area contributed by atoms with E-state index in [0.717, 1.165) is 31.1 Å². The fourth-order valence-corrected chi connectivity index (χ4v) is 2.75. The number of hydrogen-bond acceptors (Lipinski definition) is 5. The second kappa shape index (κ2) is 7.42. The molecule has 1 aromatic heterocycles. The number of rotatable bonds is 5. The maximum Gasteiger partial charge on any atom is 0.229 e.